The molecule has 0 bridgehead atoms. The summed E-state index contributed by atoms with van der Waals surface area (Å²) in [5, 5.41) is 9.05. The van der Waals surface area contributed by atoms with Crippen LogP contribution >= 0.6 is 0 Å². The molecule has 1 aliphatic carbocycles. The topological polar surface area (TPSA) is 91.6 Å². The number of allylic oxidation sites excluding steroid dienone is 1. The van der Waals surface area contributed by atoms with Crippen LogP contribution in [0.15, 0.2) is 44.9 Å². The Morgan fingerprint density at radius 2 is 2.04 bits per heavy atom. The first-order valence-electron chi connectivity index (χ1n) is 8.54. The number of nitrogens with zero attached hydrogens (tertiary/aromatic N) is 2. The summed E-state index contributed by atoms with van der Waals surface area (Å²) in [5.41, 5.74) is 2.58. The van der Waals surface area contributed by atoms with Crippen LogP contribution in [-0.4, -0.2) is 29.4 Å². The van der Waals surface area contributed by atoms with Gasteiger partial charge in [0.2, 0.25) is 5.96 Å². The summed E-state index contributed by atoms with van der Waals surface area (Å²) in [6.07, 6.45) is 3.86. The molecule has 1 amide bonds. The van der Waals surface area contributed by atoms with Gasteiger partial charge in [0.15, 0.2) is 5.58 Å². The fourth-order valence-corrected chi connectivity index (χ4v) is 3.80. The number of para-hydroxylation sites is 2. The lowest BCUT2D eigenvalue weighted by Gasteiger charge is -2.33. The summed E-state index contributed by atoms with van der Waals surface area (Å²) in [4.78, 5) is 21.7. The third kappa shape index (κ3) is 2.65. The number of carbonyl (C=O) groups is 1. The van der Waals surface area contributed by atoms with Crippen LogP contribution in [0.1, 0.15) is 32.6 Å². The maximum absolute atomic E-state index is 12.4. The number of aromatic nitrogens is 1. The first-order chi connectivity index (χ1) is 12.1. The number of benzene rings is 1. The first kappa shape index (κ1) is 15.7. The molecule has 1 aromatic carbocycles. The molecule has 1 aliphatic heterocycles. The molecule has 25 heavy (non-hydrogen) atoms. The van der Waals surface area contributed by atoms with Gasteiger partial charge in [-0.15, -0.1) is 0 Å². The molecular weight excluding hydrogens is 318 g/mol. The molecule has 0 unspecified atom stereocenters. The lowest BCUT2D eigenvalue weighted by Crippen LogP contribution is -2.46. The maximum atomic E-state index is 12.4. The van der Waals surface area contributed by atoms with Gasteiger partial charge in [0.05, 0.1) is 11.1 Å². The molecule has 1 spiro atoms. The molecule has 0 atom stereocenters. The average molecular weight is 339 g/mol. The number of aliphatic imine (C=N–C) groups is 1. The van der Waals surface area contributed by atoms with E-state index in [1.54, 1.807) is 7.05 Å². The van der Waals surface area contributed by atoms with Crippen LogP contribution in [0.4, 0.5) is 6.01 Å². The van der Waals surface area contributed by atoms with Crippen LogP contribution < -0.4 is 16.0 Å². The van der Waals surface area contributed by atoms with Gasteiger partial charge in [0.25, 0.3) is 5.91 Å². The molecule has 1 aromatic heterocycles. The number of anilines is 1. The molecule has 0 radical (unpaired) electrons. The van der Waals surface area contributed by atoms with Gasteiger partial charge in [0, 0.05) is 12.7 Å². The van der Waals surface area contributed by atoms with Crippen molar-refractivity contribution in [2.45, 2.75) is 38.1 Å². The quantitative estimate of drug-likeness (QED) is 0.782. The fraction of sp³-hybridized carbons (Fsp3) is 0.389. The number of carbonyl (C=O) groups excluding carboxylic acids is 1. The van der Waals surface area contributed by atoms with Gasteiger partial charge in [-0.2, -0.15) is 4.98 Å². The third-order valence-corrected chi connectivity index (χ3v) is 4.88. The van der Waals surface area contributed by atoms with E-state index in [0.717, 1.165) is 48.1 Å². The largest absolute Gasteiger partial charge is 0.423 e. The number of rotatable bonds is 2. The van der Waals surface area contributed by atoms with Crippen molar-refractivity contribution >= 4 is 29.0 Å². The summed E-state index contributed by atoms with van der Waals surface area (Å²) < 4.78 is 5.71. The van der Waals surface area contributed by atoms with Crippen molar-refractivity contribution in [2.75, 3.05) is 12.4 Å². The molecule has 130 valence electrons. The van der Waals surface area contributed by atoms with Crippen molar-refractivity contribution in [3.8, 4) is 0 Å². The number of hydrogen-bond donors (Lipinski definition) is 3. The average Bonchev–Trinajstić information content (AvgIpc) is 3.20. The molecule has 2 aliphatic rings. The van der Waals surface area contributed by atoms with Crippen molar-refractivity contribution in [3.63, 3.8) is 0 Å². The van der Waals surface area contributed by atoms with Gasteiger partial charge in [-0.3, -0.25) is 10.1 Å². The summed E-state index contributed by atoms with van der Waals surface area (Å²) >= 11 is 0. The molecular formula is C18H21N5O2. The van der Waals surface area contributed by atoms with Gasteiger partial charge in [-0.25, -0.2) is 4.99 Å². The lowest BCUT2D eigenvalue weighted by atomic mass is 9.85. The number of nitrogens with one attached hydrogen (secondary N) is 3. The zero-order valence-corrected chi connectivity index (χ0v) is 14.3. The monoisotopic (exact) mass is 339 g/mol. The Morgan fingerprint density at radius 1 is 1.28 bits per heavy atom. The summed E-state index contributed by atoms with van der Waals surface area (Å²) in [7, 11) is 1.65. The molecule has 4 rings (SSSR count). The predicted molar refractivity (Wildman–Crippen MR) is 96.2 cm³/mol. The van der Waals surface area contributed by atoms with E-state index in [4.69, 9.17) is 9.41 Å². The summed E-state index contributed by atoms with van der Waals surface area (Å²) in [5.74, 6) is 0.496. The summed E-state index contributed by atoms with van der Waals surface area (Å²) in [6.45, 7) is 1.91. The Kier molecular flexibility index (Phi) is 3.71. The highest BCUT2D eigenvalue weighted by atomic mass is 16.4. The van der Waals surface area contributed by atoms with Gasteiger partial charge < -0.3 is 15.1 Å². The van der Waals surface area contributed by atoms with Crippen LogP contribution in [0.2, 0.25) is 0 Å². The van der Waals surface area contributed by atoms with E-state index in [-0.39, 0.29) is 5.91 Å². The number of guanidine groups is 1. The first-order valence-corrected chi connectivity index (χ1v) is 8.54. The van der Waals surface area contributed by atoms with Crippen LogP contribution in [0.25, 0.3) is 11.1 Å². The minimum atomic E-state index is -0.468. The highest BCUT2D eigenvalue weighted by Crippen LogP contribution is 2.42. The molecule has 7 nitrogen and oxygen atoms in total. The Morgan fingerprint density at radius 3 is 2.76 bits per heavy atom. The van der Waals surface area contributed by atoms with Crippen molar-refractivity contribution in [2.24, 2.45) is 4.99 Å². The highest BCUT2D eigenvalue weighted by Gasteiger charge is 2.44. The van der Waals surface area contributed by atoms with E-state index in [2.05, 4.69) is 20.9 Å². The second-order valence-electron chi connectivity index (χ2n) is 6.51. The normalized spacial score (nSPS) is 19.0. The third-order valence-electron chi connectivity index (χ3n) is 4.88. The van der Waals surface area contributed by atoms with Crippen LogP contribution in [-0.2, 0) is 4.79 Å². The number of fused-ring (bicyclic) bond motifs is 1. The predicted octanol–water partition coefficient (Wildman–Crippen LogP) is 2.53. The van der Waals surface area contributed by atoms with E-state index in [1.165, 1.54) is 0 Å². The Bertz CT molecular complexity index is 857. The van der Waals surface area contributed by atoms with Crippen molar-refractivity contribution in [1.29, 1.82) is 0 Å². The van der Waals surface area contributed by atoms with Crippen molar-refractivity contribution in [1.82, 2.24) is 15.6 Å². The minimum Gasteiger partial charge on any atom is -0.423 e. The smallest absolute Gasteiger partial charge is 0.302 e. The van der Waals surface area contributed by atoms with E-state index in [9.17, 15) is 4.79 Å². The Hall–Kier alpha value is -2.83. The van der Waals surface area contributed by atoms with Crippen molar-refractivity contribution in [3.05, 3.63) is 35.5 Å². The molecule has 3 N–H and O–H groups in total. The van der Waals surface area contributed by atoms with Crippen molar-refractivity contribution < 1.29 is 9.21 Å². The molecule has 1 fully saturated rings. The van der Waals surface area contributed by atoms with Crippen LogP contribution in [0.3, 0.4) is 0 Å². The second kappa shape index (κ2) is 5.91. The van der Waals surface area contributed by atoms with Crippen LogP contribution in [0.5, 0.6) is 0 Å². The lowest BCUT2D eigenvalue weighted by molar-refractivity contribution is -0.117. The number of amides is 1. The van der Waals surface area contributed by atoms with Gasteiger partial charge in [0.1, 0.15) is 5.52 Å². The minimum absolute atomic E-state index is 0.0726. The molecule has 7 heteroatoms. The standard InChI is InChI=1S/C18H21N5O2/c1-11-14(15(24)19-2)18(9-5-6-10-18)23-16(20-11)22-17-21-12-7-3-4-8-13(12)25-17/h3-4,7-8H,5-6,9-10H2,1-2H3,(H,19,24)(H2,20,21,22,23). The highest BCUT2D eigenvalue weighted by molar-refractivity contribution is 6.02. The van der Waals surface area contributed by atoms with E-state index in [1.807, 2.05) is 31.2 Å². The zero-order valence-electron chi connectivity index (χ0n) is 14.3. The number of likely N-dealkylation sites (N-methyl/N-ethyl adjacent to an activating group) is 1. The van der Waals surface area contributed by atoms with E-state index >= 15 is 0 Å². The van der Waals surface area contributed by atoms with E-state index in [0.29, 0.717) is 12.0 Å². The maximum Gasteiger partial charge on any atom is 0.302 e. The second-order valence-corrected chi connectivity index (χ2v) is 6.51. The van der Waals surface area contributed by atoms with Gasteiger partial charge in [-0.1, -0.05) is 25.0 Å². The SMILES string of the molecule is CNC(=O)C1=C(C)NC(Nc2nc3ccccc3o2)=NC12CCCC2. The fourth-order valence-electron chi connectivity index (χ4n) is 3.80. The Balaban J connectivity index is 1.67. The number of oxazole rings is 1. The Labute approximate surface area is 145 Å². The molecule has 0 saturated heterocycles. The molecule has 1 saturated carbocycles. The number of hydrogen-bond acceptors (Lipinski definition) is 6. The van der Waals surface area contributed by atoms with Crippen LogP contribution in [0, 0.1) is 0 Å². The van der Waals surface area contributed by atoms with Gasteiger partial charge in [-0.05, 0) is 31.9 Å². The summed E-state index contributed by atoms with van der Waals surface area (Å²) in [6, 6.07) is 7.98. The zero-order chi connectivity index (χ0) is 17.4. The molecule has 2 aromatic rings. The van der Waals surface area contributed by atoms with Gasteiger partial charge >= 0.3 is 6.01 Å². The molecule has 2 heterocycles. The van der Waals surface area contributed by atoms with E-state index < -0.39 is 5.54 Å².